The van der Waals surface area contributed by atoms with E-state index < -0.39 is 18.7 Å². The van der Waals surface area contributed by atoms with E-state index in [1.807, 2.05) is 0 Å². The minimum atomic E-state index is -2.93. The summed E-state index contributed by atoms with van der Waals surface area (Å²) in [6.07, 6.45) is 1.05. The molecule has 0 aromatic heterocycles. The second-order valence-corrected chi connectivity index (χ2v) is 5.26. The Kier molecular flexibility index (Phi) is 6.16. The van der Waals surface area contributed by atoms with Crippen LogP contribution in [0.4, 0.5) is 24.1 Å². The summed E-state index contributed by atoms with van der Waals surface area (Å²) >= 11 is 0. The van der Waals surface area contributed by atoms with Gasteiger partial charge in [-0.3, -0.25) is 0 Å². The van der Waals surface area contributed by atoms with Crippen LogP contribution in [0.15, 0.2) is 24.3 Å². The third-order valence-corrected chi connectivity index (χ3v) is 3.51. The number of rotatable bonds is 4. The van der Waals surface area contributed by atoms with Gasteiger partial charge < -0.3 is 25.0 Å². The van der Waals surface area contributed by atoms with Gasteiger partial charge in [0, 0.05) is 30.9 Å². The van der Waals surface area contributed by atoms with Crippen molar-refractivity contribution < 1.29 is 27.8 Å². The summed E-state index contributed by atoms with van der Waals surface area (Å²) in [5.74, 6) is -0.0441. The predicted octanol–water partition coefficient (Wildman–Crippen LogP) is 2.64. The Labute approximate surface area is 137 Å². The van der Waals surface area contributed by atoms with Crippen LogP contribution in [0.5, 0.6) is 5.75 Å². The van der Waals surface area contributed by atoms with E-state index in [4.69, 9.17) is 0 Å². The van der Waals surface area contributed by atoms with Crippen LogP contribution in [0.2, 0.25) is 0 Å². The van der Waals surface area contributed by atoms with Gasteiger partial charge in [0.15, 0.2) is 0 Å². The zero-order valence-corrected chi connectivity index (χ0v) is 13.1. The van der Waals surface area contributed by atoms with E-state index in [1.54, 1.807) is 6.07 Å². The van der Waals surface area contributed by atoms with Crippen LogP contribution in [-0.4, -0.2) is 49.9 Å². The number of benzene rings is 1. The highest BCUT2D eigenvalue weighted by Crippen LogP contribution is 2.19. The highest BCUT2D eigenvalue weighted by Gasteiger charge is 2.25. The number of likely N-dealkylation sites (tertiary alicyclic amines) is 1. The zero-order valence-electron chi connectivity index (χ0n) is 13.1. The maximum Gasteiger partial charge on any atom is 0.409 e. The fourth-order valence-electron chi connectivity index (χ4n) is 2.49. The van der Waals surface area contributed by atoms with Crippen LogP contribution in [-0.2, 0) is 4.74 Å². The number of nitrogens with zero attached hydrogens (tertiary/aromatic N) is 1. The number of halogens is 2. The second-order valence-electron chi connectivity index (χ2n) is 5.26. The first-order valence-corrected chi connectivity index (χ1v) is 7.43. The van der Waals surface area contributed by atoms with Crippen LogP contribution in [0.1, 0.15) is 12.8 Å². The normalized spacial score (nSPS) is 17.3. The van der Waals surface area contributed by atoms with Crippen LogP contribution >= 0.6 is 0 Å². The summed E-state index contributed by atoms with van der Waals surface area (Å²) < 4.78 is 33.3. The van der Waals surface area contributed by atoms with Crippen molar-refractivity contribution in [1.29, 1.82) is 0 Å². The highest BCUT2D eigenvalue weighted by atomic mass is 19.3. The molecule has 1 aliphatic rings. The molecule has 24 heavy (non-hydrogen) atoms. The molecule has 1 atom stereocenters. The highest BCUT2D eigenvalue weighted by molar-refractivity contribution is 5.89. The van der Waals surface area contributed by atoms with Gasteiger partial charge in [0.2, 0.25) is 0 Å². The summed E-state index contributed by atoms with van der Waals surface area (Å²) in [5, 5.41) is 5.30. The summed E-state index contributed by atoms with van der Waals surface area (Å²) in [6.45, 7) is -1.99. The Morgan fingerprint density at radius 2 is 2.17 bits per heavy atom. The molecule has 1 heterocycles. The van der Waals surface area contributed by atoms with E-state index in [1.165, 1.54) is 30.2 Å². The number of nitrogens with one attached hydrogen (secondary N) is 2. The fraction of sp³-hybridized carbons (Fsp3) is 0.467. The molecule has 3 amide bonds. The molecule has 0 bridgehead atoms. The standard InChI is InChI=1S/C15H19F2N3O4/c1-23-15(22)20-7-3-5-11(9-20)19-14(21)18-10-4-2-6-12(8-10)24-13(16)17/h2,4,6,8,11,13H,3,5,7,9H2,1H3,(H2,18,19,21). The van der Waals surface area contributed by atoms with E-state index in [0.29, 0.717) is 18.8 Å². The van der Waals surface area contributed by atoms with Crippen LogP contribution < -0.4 is 15.4 Å². The number of urea groups is 1. The van der Waals surface area contributed by atoms with Gasteiger partial charge >= 0.3 is 18.7 Å². The van der Waals surface area contributed by atoms with E-state index in [2.05, 4.69) is 20.1 Å². The second kappa shape index (κ2) is 8.32. The Bertz CT molecular complexity index is 586. The van der Waals surface area contributed by atoms with Crippen LogP contribution in [0.3, 0.4) is 0 Å². The van der Waals surface area contributed by atoms with Crippen molar-refractivity contribution in [2.24, 2.45) is 0 Å². The molecule has 0 spiro atoms. The van der Waals surface area contributed by atoms with Gasteiger partial charge in [-0.05, 0) is 25.0 Å². The van der Waals surface area contributed by atoms with Crippen molar-refractivity contribution in [3.8, 4) is 5.75 Å². The average Bonchev–Trinajstić information content (AvgIpc) is 2.54. The maximum atomic E-state index is 12.2. The number of ether oxygens (including phenoxy) is 2. The van der Waals surface area contributed by atoms with Crippen molar-refractivity contribution in [3.63, 3.8) is 0 Å². The van der Waals surface area contributed by atoms with Gasteiger partial charge in [0.1, 0.15) is 5.75 Å². The number of carbonyl (C=O) groups is 2. The Balaban J connectivity index is 1.87. The number of methoxy groups -OCH3 is 1. The molecule has 132 valence electrons. The van der Waals surface area contributed by atoms with Crippen molar-refractivity contribution in [1.82, 2.24) is 10.2 Å². The summed E-state index contributed by atoms with van der Waals surface area (Å²) in [4.78, 5) is 25.0. The van der Waals surface area contributed by atoms with Crippen LogP contribution in [0.25, 0.3) is 0 Å². The molecule has 7 nitrogen and oxygen atoms in total. The predicted molar refractivity (Wildman–Crippen MR) is 82.2 cm³/mol. The average molecular weight is 343 g/mol. The first kappa shape index (κ1) is 17.8. The lowest BCUT2D eigenvalue weighted by Gasteiger charge is -2.32. The molecule has 0 radical (unpaired) electrons. The van der Waals surface area contributed by atoms with E-state index in [-0.39, 0.29) is 11.8 Å². The molecule has 9 heteroatoms. The van der Waals surface area contributed by atoms with Crippen LogP contribution in [0, 0.1) is 0 Å². The molecule has 1 aromatic rings. The zero-order chi connectivity index (χ0) is 17.5. The number of amides is 3. The molecule has 1 aromatic carbocycles. The van der Waals surface area contributed by atoms with Crippen molar-refractivity contribution >= 4 is 17.8 Å². The third kappa shape index (κ3) is 5.25. The lowest BCUT2D eigenvalue weighted by Crippen LogP contribution is -2.50. The molecule has 1 unspecified atom stereocenters. The molecular weight excluding hydrogens is 324 g/mol. The van der Waals surface area contributed by atoms with Crippen molar-refractivity contribution in [2.45, 2.75) is 25.5 Å². The fourth-order valence-corrected chi connectivity index (χ4v) is 2.49. The molecule has 0 saturated carbocycles. The quantitative estimate of drug-likeness (QED) is 0.881. The Morgan fingerprint density at radius 1 is 1.38 bits per heavy atom. The number of piperidine rings is 1. The van der Waals surface area contributed by atoms with E-state index in [9.17, 15) is 18.4 Å². The summed E-state index contributed by atoms with van der Waals surface area (Å²) in [7, 11) is 1.31. The number of hydrogen-bond donors (Lipinski definition) is 2. The van der Waals surface area contributed by atoms with Gasteiger partial charge in [-0.2, -0.15) is 8.78 Å². The lowest BCUT2D eigenvalue weighted by molar-refractivity contribution is -0.0498. The topological polar surface area (TPSA) is 79.9 Å². The molecule has 1 fully saturated rings. The minimum absolute atomic E-state index is 0.0441. The Hall–Kier alpha value is -2.58. The summed E-state index contributed by atoms with van der Waals surface area (Å²) in [6, 6.07) is 5.02. The number of anilines is 1. The van der Waals surface area contributed by atoms with Crippen molar-refractivity contribution in [3.05, 3.63) is 24.3 Å². The minimum Gasteiger partial charge on any atom is -0.453 e. The van der Waals surface area contributed by atoms with Crippen molar-refractivity contribution in [2.75, 3.05) is 25.5 Å². The largest absolute Gasteiger partial charge is 0.453 e. The monoisotopic (exact) mass is 343 g/mol. The van der Waals surface area contributed by atoms with Gasteiger partial charge in [0.25, 0.3) is 0 Å². The maximum absolute atomic E-state index is 12.2. The molecule has 2 rings (SSSR count). The van der Waals surface area contributed by atoms with E-state index in [0.717, 1.165) is 12.8 Å². The summed E-state index contributed by atoms with van der Waals surface area (Å²) in [5.41, 5.74) is 0.325. The number of hydrogen-bond acceptors (Lipinski definition) is 4. The molecule has 1 saturated heterocycles. The molecule has 0 aliphatic carbocycles. The molecular formula is C15H19F2N3O4. The van der Waals surface area contributed by atoms with Gasteiger partial charge in [0.05, 0.1) is 7.11 Å². The first-order chi connectivity index (χ1) is 11.5. The first-order valence-electron chi connectivity index (χ1n) is 7.43. The number of alkyl halides is 2. The smallest absolute Gasteiger partial charge is 0.409 e. The SMILES string of the molecule is COC(=O)N1CCCC(NC(=O)Nc2cccc(OC(F)F)c2)C1. The third-order valence-electron chi connectivity index (χ3n) is 3.51. The van der Waals surface area contributed by atoms with E-state index >= 15 is 0 Å². The number of carbonyl (C=O) groups excluding carboxylic acids is 2. The van der Waals surface area contributed by atoms with Gasteiger partial charge in [-0.1, -0.05) is 6.07 Å². The molecule has 1 aliphatic heterocycles. The lowest BCUT2D eigenvalue weighted by atomic mass is 10.1. The van der Waals surface area contributed by atoms with Gasteiger partial charge in [-0.25, -0.2) is 9.59 Å². The van der Waals surface area contributed by atoms with Gasteiger partial charge in [-0.15, -0.1) is 0 Å². The molecule has 2 N–H and O–H groups in total. The Morgan fingerprint density at radius 3 is 2.88 bits per heavy atom.